The van der Waals surface area contributed by atoms with Crippen LogP contribution in [0.3, 0.4) is 0 Å². The van der Waals surface area contributed by atoms with E-state index in [0.717, 1.165) is 19.4 Å². The number of benzene rings is 1. The van der Waals surface area contributed by atoms with Crippen molar-refractivity contribution in [2.75, 3.05) is 13.2 Å². The quantitative estimate of drug-likeness (QED) is 0.845. The van der Waals surface area contributed by atoms with Crippen LogP contribution < -0.4 is 10.1 Å². The first kappa shape index (κ1) is 10.9. The second-order valence-electron chi connectivity index (χ2n) is 3.83. The summed E-state index contributed by atoms with van der Waals surface area (Å²) in [5.74, 6) is -0.199. The molecule has 16 heavy (non-hydrogen) atoms. The Kier molecular flexibility index (Phi) is 3.37. The Bertz CT molecular complexity index is 408. The Morgan fingerprint density at radius 2 is 2.44 bits per heavy atom. The molecule has 1 fully saturated rings. The predicted molar refractivity (Wildman–Crippen MR) is 57.6 cm³/mol. The van der Waals surface area contributed by atoms with E-state index in [4.69, 9.17) is 10.00 Å². The fraction of sp³-hybridized carbons (Fsp3) is 0.417. The van der Waals surface area contributed by atoms with E-state index in [1.807, 2.05) is 6.07 Å². The van der Waals surface area contributed by atoms with Crippen molar-refractivity contribution in [3.63, 3.8) is 0 Å². The summed E-state index contributed by atoms with van der Waals surface area (Å²) >= 11 is 0. The predicted octanol–water partition coefficient (Wildman–Crippen LogP) is 1.83. The van der Waals surface area contributed by atoms with Crippen molar-refractivity contribution in [1.29, 1.82) is 5.26 Å². The molecule has 0 bridgehead atoms. The average molecular weight is 220 g/mol. The highest BCUT2D eigenvalue weighted by molar-refractivity contribution is 5.43. The maximum absolute atomic E-state index is 13.2. The van der Waals surface area contributed by atoms with E-state index in [1.54, 1.807) is 12.1 Å². The first-order chi connectivity index (χ1) is 7.81. The van der Waals surface area contributed by atoms with Crippen molar-refractivity contribution >= 4 is 0 Å². The van der Waals surface area contributed by atoms with Crippen molar-refractivity contribution in [2.45, 2.75) is 18.9 Å². The van der Waals surface area contributed by atoms with Crippen LogP contribution >= 0.6 is 0 Å². The fourth-order valence-corrected chi connectivity index (χ4v) is 1.82. The normalized spacial score (nSPS) is 19.4. The maximum Gasteiger partial charge on any atom is 0.144 e. The molecule has 1 aromatic rings. The Labute approximate surface area is 93.8 Å². The average Bonchev–Trinajstić information content (AvgIpc) is 2.79. The second kappa shape index (κ2) is 4.95. The van der Waals surface area contributed by atoms with Gasteiger partial charge >= 0.3 is 0 Å². The molecule has 0 aromatic heterocycles. The lowest BCUT2D eigenvalue weighted by atomic mass is 10.2. The van der Waals surface area contributed by atoms with Crippen LogP contribution in [0.25, 0.3) is 0 Å². The van der Waals surface area contributed by atoms with Crippen LogP contribution in [-0.2, 0) is 0 Å². The van der Waals surface area contributed by atoms with Gasteiger partial charge in [0.1, 0.15) is 29.8 Å². The Balaban J connectivity index is 2.03. The fourth-order valence-electron chi connectivity index (χ4n) is 1.82. The van der Waals surface area contributed by atoms with Gasteiger partial charge in [0.25, 0.3) is 0 Å². The number of nitrogens with zero attached hydrogens (tertiary/aromatic N) is 1. The molecule has 0 amide bonds. The molecule has 0 spiro atoms. The van der Waals surface area contributed by atoms with Gasteiger partial charge in [-0.05, 0) is 31.5 Å². The van der Waals surface area contributed by atoms with Crippen LogP contribution in [0.4, 0.5) is 4.39 Å². The highest BCUT2D eigenvalue weighted by Crippen LogP contribution is 2.21. The number of nitriles is 1. The third kappa shape index (κ3) is 2.31. The molecule has 0 aliphatic carbocycles. The lowest BCUT2D eigenvalue weighted by Crippen LogP contribution is -2.28. The maximum atomic E-state index is 13.2. The van der Waals surface area contributed by atoms with Crippen LogP contribution in [0.15, 0.2) is 18.2 Å². The van der Waals surface area contributed by atoms with Gasteiger partial charge in [0.2, 0.25) is 0 Å². The highest BCUT2D eigenvalue weighted by atomic mass is 19.1. The molecule has 1 aliphatic rings. The largest absolute Gasteiger partial charge is 0.490 e. The van der Waals surface area contributed by atoms with Crippen LogP contribution in [0.2, 0.25) is 0 Å². The molecule has 1 unspecified atom stereocenters. The van der Waals surface area contributed by atoms with Crippen LogP contribution in [0, 0.1) is 17.1 Å². The summed E-state index contributed by atoms with van der Waals surface area (Å²) < 4.78 is 18.7. The lowest BCUT2D eigenvalue weighted by molar-refractivity contribution is 0.275. The summed E-state index contributed by atoms with van der Waals surface area (Å²) in [6.45, 7) is 1.49. The second-order valence-corrected chi connectivity index (χ2v) is 3.83. The van der Waals surface area contributed by atoms with Crippen LogP contribution in [0.5, 0.6) is 5.75 Å². The van der Waals surface area contributed by atoms with E-state index in [9.17, 15) is 4.39 Å². The van der Waals surface area contributed by atoms with E-state index in [2.05, 4.69) is 5.32 Å². The Morgan fingerprint density at radius 1 is 1.56 bits per heavy atom. The third-order valence-corrected chi connectivity index (χ3v) is 2.69. The number of hydrogen-bond donors (Lipinski definition) is 1. The van der Waals surface area contributed by atoms with E-state index in [1.165, 1.54) is 6.07 Å². The Hall–Kier alpha value is -1.60. The standard InChI is InChI=1S/C12H13FN2O/c13-11-4-1-5-12(10(11)7-14)16-8-9-3-2-6-15-9/h1,4-5,9,15H,2-3,6,8H2. The topological polar surface area (TPSA) is 45.0 Å². The minimum absolute atomic E-state index is 0.0134. The first-order valence-electron chi connectivity index (χ1n) is 5.36. The summed E-state index contributed by atoms with van der Waals surface area (Å²) in [6.07, 6.45) is 2.21. The lowest BCUT2D eigenvalue weighted by Gasteiger charge is -2.13. The van der Waals surface area contributed by atoms with Gasteiger partial charge < -0.3 is 10.1 Å². The van der Waals surface area contributed by atoms with Gasteiger partial charge in [-0.2, -0.15) is 5.26 Å². The van der Waals surface area contributed by atoms with Crippen molar-refractivity contribution in [2.24, 2.45) is 0 Å². The molecule has 3 nitrogen and oxygen atoms in total. The van der Waals surface area contributed by atoms with Gasteiger partial charge in [-0.3, -0.25) is 0 Å². The van der Waals surface area contributed by atoms with Crippen LogP contribution in [-0.4, -0.2) is 19.2 Å². The molecule has 1 N–H and O–H groups in total. The zero-order valence-corrected chi connectivity index (χ0v) is 8.87. The molecule has 1 aromatic carbocycles. The van der Waals surface area contributed by atoms with Gasteiger partial charge in [0, 0.05) is 6.04 Å². The van der Waals surface area contributed by atoms with Gasteiger partial charge in [-0.15, -0.1) is 0 Å². The monoisotopic (exact) mass is 220 g/mol. The van der Waals surface area contributed by atoms with E-state index in [0.29, 0.717) is 18.4 Å². The molecular weight excluding hydrogens is 207 g/mol. The smallest absolute Gasteiger partial charge is 0.144 e. The number of rotatable bonds is 3. The highest BCUT2D eigenvalue weighted by Gasteiger charge is 2.16. The van der Waals surface area contributed by atoms with E-state index in [-0.39, 0.29) is 5.56 Å². The van der Waals surface area contributed by atoms with Gasteiger partial charge in [-0.25, -0.2) is 4.39 Å². The number of nitrogens with one attached hydrogen (secondary N) is 1. The summed E-state index contributed by atoms with van der Waals surface area (Å²) in [6, 6.07) is 6.57. The van der Waals surface area contributed by atoms with Crippen LogP contribution in [0.1, 0.15) is 18.4 Å². The minimum Gasteiger partial charge on any atom is -0.490 e. The molecule has 0 saturated carbocycles. The minimum atomic E-state index is -0.528. The molecule has 1 atom stereocenters. The zero-order chi connectivity index (χ0) is 11.4. The van der Waals surface area contributed by atoms with Crippen molar-refractivity contribution in [3.05, 3.63) is 29.6 Å². The SMILES string of the molecule is N#Cc1c(F)cccc1OCC1CCCN1. The molecule has 0 radical (unpaired) electrons. The van der Waals surface area contributed by atoms with E-state index >= 15 is 0 Å². The molecule has 2 rings (SSSR count). The van der Waals surface area contributed by atoms with Crippen molar-refractivity contribution in [1.82, 2.24) is 5.32 Å². The third-order valence-electron chi connectivity index (χ3n) is 2.69. The summed E-state index contributed by atoms with van der Waals surface area (Å²) in [7, 11) is 0. The molecule has 84 valence electrons. The Morgan fingerprint density at radius 3 is 3.12 bits per heavy atom. The number of ether oxygens (including phenoxy) is 1. The van der Waals surface area contributed by atoms with Crippen molar-refractivity contribution < 1.29 is 9.13 Å². The van der Waals surface area contributed by atoms with Gasteiger partial charge in [0.15, 0.2) is 0 Å². The molecule has 1 heterocycles. The van der Waals surface area contributed by atoms with Crippen molar-refractivity contribution in [3.8, 4) is 11.8 Å². The van der Waals surface area contributed by atoms with Gasteiger partial charge in [-0.1, -0.05) is 6.07 Å². The molecule has 1 saturated heterocycles. The first-order valence-corrected chi connectivity index (χ1v) is 5.36. The molecule has 1 aliphatic heterocycles. The van der Waals surface area contributed by atoms with Gasteiger partial charge in [0.05, 0.1) is 0 Å². The summed E-state index contributed by atoms with van der Waals surface area (Å²) in [4.78, 5) is 0. The summed E-state index contributed by atoms with van der Waals surface area (Å²) in [5, 5.41) is 12.1. The number of hydrogen-bond acceptors (Lipinski definition) is 3. The number of halogens is 1. The molecular formula is C12H13FN2O. The molecule has 4 heteroatoms. The summed E-state index contributed by atoms with van der Waals surface area (Å²) in [5.41, 5.74) is -0.0134. The van der Waals surface area contributed by atoms with E-state index < -0.39 is 5.82 Å². The zero-order valence-electron chi connectivity index (χ0n) is 8.87.